The number of unbranched alkanes of at least 4 members (excludes halogenated alkanes) is 1. The van der Waals surface area contributed by atoms with Gasteiger partial charge < -0.3 is 27.8 Å². The van der Waals surface area contributed by atoms with Gasteiger partial charge >= 0.3 is 0 Å². The Morgan fingerprint density at radius 2 is 1.58 bits per heavy atom. The molecule has 0 unspecified atom stereocenters. The number of hydrogen-bond donors (Lipinski definition) is 5. The third-order valence-electron chi connectivity index (χ3n) is 5.33. The summed E-state index contributed by atoms with van der Waals surface area (Å²) in [4.78, 5) is 12.9. The van der Waals surface area contributed by atoms with Crippen LogP contribution >= 0.6 is 11.8 Å². The fourth-order valence-corrected chi connectivity index (χ4v) is 3.63. The number of nitrogens with two attached hydrogens (primary N) is 3. The summed E-state index contributed by atoms with van der Waals surface area (Å²) in [5.74, 6) is 0.136. The number of carbonyl (C=O) groups is 1. The number of rotatable bonds is 17. The zero-order chi connectivity index (χ0) is 27.9. The smallest absolute Gasteiger partial charge is 0.229 e. The maximum atomic E-state index is 11.8. The molecule has 6 nitrogen and oxygen atoms in total. The summed E-state index contributed by atoms with van der Waals surface area (Å²) in [5.41, 5.74) is 22.2. The number of nitrogens with one attached hydrogen (secondary N) is 2. The Kier molecular flexibility index (Phi) is 15.4. The van der Waals surface area contributed by atoms with Gasteiger partial charge in [0, 0.05) is 29.8 Å². The molecule has 0 aliphatic carbocycles. The molecule has 0 radical (unpaired) electrons. The van der Waals surface area contributed by atoms with Gasteiger partial charge in [-0.1, -0.05) is 61.4 Å². The van der Waals surface area contributed by atoms with Crippen molar-refractivity contribution in [1.29, 1.82) is 0 Å². The second-order valence-electron chi connectivity index (χ2n) is 9.61. The van der Waals surface area contributed by atoms with E-state index in [0.717, 1.165) is 58.0 Å². The predicted octanol–water partition coefficient (Wildman–Crippen LogP) is 6.11. The zero-order valence-corrected chi connectivity index (χ0v) is 23.7. The van der Waals surface area contributed by atoms with Crippen LogP contribution in [0.1, 0.15) is 73.1 Å². The molecular weight excluding hydrogens is 466 g/mol. The lowest BCUT2D eigenvalue weighted by atomic mass is 9.94. The van der Waals surface area contributed by atoms with Crippen molar-refractivity contribution >= 4 is 17.7 Å². The molecule has 7 heteroatoms. The fourth-order valence-electron chi connectivity index (χ4n) is 2.84. The summed E-state index contributed by atoms with van der Waals surface area (Å²) >= 11 is 1.52. The van der Waals surface area contributed by atoms with Gasteiger partial charge in [0.2, 0.25) is 5.91 Å². The van der Waals surface area contributed by atoms with E-state index in [0.29, 0.717) is 18.5 Å². The molecule has 0 rings (SSSR count). The molecule has 36 heavy (non-hydrogen) atoms. The first-order valence-electron chi connectivity index (χ1n) is 12.1. The molecule has 0 aromatic rings. The molecule has 8 N–H and O–H groups in total. The molecule has 200 valence electrons. The van der Waals surface area contributed by atoms with Gasteiger partial charge in [0.05, 0.1) is 5.03 Å². The Bertz CT molecular complexity index is 945. The first kappa shape index (κ1) is 33.1. The summed E-state index contributed by atoms with van der Waals surface area (Å²) in [6.45, 7) is 26.1. The number of hydrogen-bond acceptors (Lipinski definition) is 6. The van der Waals surface area contributed by atoms with E-state index in [1.807, 2.05) is 46.8 Å². The third-order valence-corrected chi connectivity index (χ3v) is 6.17. The van der Waals surface area contributed by atoms with Gasteiger partial charge in [0.25, 0.3) is 0 Å². The molecule has 0 bridgehead atoms. The molecule has 0 aromatic carbocycles. The first-order valence-corrected chi connectivity index (χ1v) is 12.9. The number of amides is 1. The van der Waals surface area contributed by atoms with Crippen LogP contribution in [0.5, 0.6) is 0 Å². The molecule has 0 aromatic heterocycles. The minimum absolute atomic E-state index is 0.144. The van der Waals surface area contributed by atoms with E-state index in [1.165, 1.54) is 11.8 Å². The topological polar surface area (TPSA) is 119 Å². The normalized spacial score (nSPS) is 13.3. The van der Waals surface area contributed by atoms with Crippen molar-refractivity contribution in [2.45, 2.75) is 78.7 Å². The standard InChI is InChI=1S/C29H47N5OS/c1-10-20(2)19-28(35)34-27(31)16-15-26(30)14-12-11-13-24(6)36-25(7)33-23(5)18-21(3)17-22(4)29(8,9)32/h10,15-17,33H,3,5-7,11-14,18-19,30-32H2,1-2,4,8-9H3,(H,34,35)/b20-10+,22-17+,26-15-,27-16+. The van der Waals surface area contributed by atoms with E-state index in [-0.39, 0.29) is 17.3 Å². The highest BCUT2D eigenvalue weighted by atomic mass is 32.2. The van der Waals surface area contributed by atoms with E-state index < -0.39 is 0 Å². The Morgan fingerprint density at radius 3 is 2.17 bits per heavy atom. The molecule has 0 aliphatic heterocycles. The van der Waals surface area contributed by atoms with Crippen LogP contribution < -0.4 is 27.8 Å². The number of carbonyl (C=O) groups excluding carboxylic acids is 1. The summed E-state index contributed by atoms with van der Waals surface area (Å²) in [7, 11) is 0. The summed E-state index contributed by atoms with van der Waals surface area (Å²) in [6, 6.07) is 0. The molecule has 0 saturated carbocycles. The highest BCUT2D eigenvalue weighted by Crippen LogP contribution is 2.27. The van der Waals surface area contributed by atoms with Crippen LogP contribution in [0.4, 0.5) is 0 Å². The minimum Gasteiger partial charge on any atom is -0.402 e. The van der Waals surface area contributed by atoms with Crippen molar-refractivity contribution < 1.29 is 4.79 Å². The molecular formula is C29H47N5OS. The van der Waals surface area contributed by atoms with Gasteiger partial charge in [-0.15, -0.1) is 0 Å². The Labute approximate surface area is 223 Å². The van der Waals surface area contributed by atoms with Crippen LogP contribution in [0, 0.1) is 0 Å². The SMILES string of the molecule is C=C(/C=C(\C)C(C)(C)N)CC(=C)NC(=C)SC(=C)CCCC/C(N)=C/C=C(\N)NC(=O)C/C(C)=C/C. The van der Waals surface area contributed by atoms with Gasteiger partial charge in [-0.25, -0.2) is 0 Å². The van der Waals surface area contributed by atoms with Crippen molar-refractivity contribution in [3.8, 4) is 0 Å². The van der Waals surface area contributed by atoms with Crippen LogP contribution in [0.15, 0.2) is 94.5 Å². The van der Waals surface area contributed by atoms with Gasteiger partial charge in [0.15, 0.2) is 0 Å². The largest absolute Gasteiger partial charge is 0.402 e. The molecule has 0 heterocycles. The predicted molar refractivity (Wildman–Crippen MR) is 159 cm³/mol. The average molecular weight is 514 g/mol. The lowest BCUT2D eigenvalue weighted by Crippen LogP contribution is -2.33. The molecule has 0 fully saturated rings. The molecule has 1 amide bonds. The van der Waals surface area contributed by atoms with E-state index in [2.05, 4.69) is 36.9 Å². The van der Waals surface area contributed by atoms with Crippen molar-refractivity contribution in [1.82, 2.24) is 10.6 Å². The lowest BCUT2D eigenvalue weighted by molar-refractivity contribution is -0.119. The van der Waals surface area contributed by atoms with Gasteiger partial charge in [-0.3, -0.25) is 4.79 Å². The second-order valence-corrected chi connectivity index (χ2v) is 10.9. The summed E-state index contributed by atoms with van der Waals surface area (Å²) in [6.07, 6.45) is 11.6. The van der Waals surface area contributed by atoms with Crippen molar-refractivity contribution in [3.05, 3.63) is 94.5 Å². The summed E-state index contributed by atoms with van der Waals surface area (Å²) in [5, 5.41) is 6.66. The zero-order valence-electron chi connectivity index (χ0n) is 22.9. The molecule has 0 saturated heterocycles. The molecule has 0 spiro atoms. The highest BCUT2D eigenvalue weighted by molar-refractivity contribution is 8.06. The monoisotopic (exact) mass is 513 g/mol. The van der Waals surface area contributed by atoms with Gasteiger partial charge in [-0.2, -0.15) is 0 Å². The van der Waals surface area contributed by atoms with Crippen LogP contribution in [-0.4, -0.2) is 11.4 Å². The highest BCUT2D eigenvalue weighted by Gasteiger charge is 2.13. The van der Waals surface area contributed by atoms with Gasteiger partial charge in [0.1, 0.15) is 5.82 Å². The van der Waals surface area contributed by atoms with Crippen LogP contribution in [0.25, 0.3) is 0 Å². The van der Waals surface area contributed by atoms with Crippen LogP contribution in [0.2, 0.25) is 0 Å². The van der Waals surface area contributed by atoms with E-state index >= 15 is 0 Å². The van der Waals surface area contributed by atoms with E-state index in [1.54, 1.807) is 12.2 Å². The molecule has 0 aliphatic rings. The maximum absolute atomic E-state index is 11.8. The van der Waals surface area contributed by atoms with E-state index in [4.69, 9.17) is 17.2 Å². The van der Waals surface area contributed by atoms with Crippen molar-refractivity contribution in [3.63, 3.8) is 0 Å². The first-order chi connectivity index (χ1) is 16.6. The second kappa shape index (κ2) is 16.7. The van der Waals surface area contributed by atoms with Crippen LogP contribution in [0.3, 0.4) is 0 Å². The van der Waals surface area contributed by atoms with E-state index in [9.17, 15) is 4.79 Å². The third kappa shape index (κ3) is 16.7. The minimum atomic E-state index is -0.373. The molecule has 0 atom stereocenters. The Hall–Kier alpha value is -2.90. The average Bonchev–Trinajstić information content (AvgIpc) is 2.73. The number of allylic oxidation sites excluding steroid dienone is 7. The van der Waals surface area contributed by atoms with Crippen LogP contribution in [-0.2, 0) is 4.79 Å². The Balaban J connectivity index is 4.32. The maximum Gasteiger partial charge on any atom is 0.229 e. The van der Waals surface area contributed by atoms with Gasteiger partial charge in [-0.05, 0) is 82.9 Å². The quantitative estimate of drug-likeness (QED) is 0.0909. The Morgan fingerprint density at radius 1 is 0.972 bits per heavy atom. The number of thioether (sulfide) groups is 1. The summed E-state index contributed by atoms with van der Waals surface area (Å²) < 4.78 is 0. The van der Waals surface area contributed by atoms with Crippen molar-refractivity contribution in [2.75, 3.05) is 0 Å². The van der Waals surface area contributed by atoms with Crippen molar-refractivity contribution in [2.24, 2.45) is 17.2 Å². The lowest BCUT2D eigenvalue weighted by Gasteiger charge is -2.20. The fraction of sp³-hybridized carbons (Fsp3) is 0.414.